The van der Waals surface area contributed by atoms with Gasteiger partial charge in [0.15, 0.2) is 0 Å². The first-order valence-corrected chi connectivity index (χ1v) is 6.27. The summed E-state index contributed by atoms with van der Waals surface area (Å²) in [6.07, 6.45) is 0. The molecule has 0 aliphatic heterocycles. The van der Waals surface area contributed by atoms with Crippen LogP contribution >= 0.6 is 31.9 Å². The van der Waals surface area contributed by atoms with Crippen LogP contribution in [0.1, 0.15) is 5.56 Å². The number of halogens is 2. The summed E-state index contributed by atoms with van der Waals surface area (Å²) in [6, 6.07) is 3.81. The van der Waals surface area contributed by atoms with Crippen LogP contribution in [0.4, 0.5) is 0 Å². The van der Waals surface area contributed by atoms with Crippen molar-refractivity contribution in [3.63, 3.8) is 0 Å². The summed E-state index contributed by atoms with van der Waals surface area (Å²) in [6.45, 7) is 1.88. The molecule has 1 heterocycles. The lowest BCUT2D eigenvalue weighted by Crippen LogP contribution is -2.05. The molecule has 16 heavy (non-hydrogen) atoms. The summed E-state index contributed by atoms with van der Waals surface area (Å²) in [4.78, 5) is 4.13. The summed E-state index contributed by atoms with van der Waals surface area (Å²) in [7, 11) is 1.64. The Morgan fingerprint density at radius 3 is 2.44 bits per heavy atom. The van der Waals surface area contributed by atoms with Crippen LogP contribution in [0.3, 0.4) is 0 Å². The van der Waals surface area contributed by atoms with Crippen molar-refractivity contribution in [2.75, 3.05) is 27.1 Å². The Morgan fingerprint density at radius 2 is 1.81 bits per heavy atom. The highest BCUT2D eigenvalue weighted by atomic mass is 79.9. The number of pyridine rings is 1. The Morgan fingerprint density at radius 1 is 1.12 bits per heavy atom. The minimum Gasteiger partial charge on any atom is -0.382 e. The van der Waals surface area contributed by atoms with Crippen LogP contribution in [0.5, 0.6) is 0 Å². The second-order valence-electron chi connectivity index (χ2n) is 2.99. The average molecular weight is 355 g/mol. The summed E-state index contributed by atoms with van der Waals surface area (Å²) in [5.74, 6) is 0. The van der Waals surface area contributed by atoms with Crippen molar-refractivity contribution in [2.24, 2.45) is 0 Å². The van der Waals surface area contributed by atoms with E-state index < -0.39 is 0 Å². The lowest BCUT2D eigenvalue weighted by Gasteiger charge is -2.06. The summed E-state index contributed by atoms with van der Waals surface area (Å²) in [5.41, 5.74) is 1.03. The number of rotatable bonds is 7. The van der Waals surface area contributed by atoms with E-state index in [0.29, 0.717) is 19.8 Å². The van der Waals surface area contributed by atoms with E-state index in [2.05, 4.69) is 36.8 Å². The van der Waals surface area contributed by atoms with E-state index in [4.69, 9.17) is 14.2 Å². The van der Waals surface area contributed by atoms with Gasteiger partial charge in [0.05, 0.1) is 19.8 Å². The van der Waals surface area contributed by atoms with E-state index in [-0.39, 0.29) is 6.79 Å². The van der Waals surface area contributed by atoms with Crippen molar-refractivity contribution in [3.8, 4) is 0 Å². The standard InChI is InChI=1S/C10H13Br2NO3/c1-14-2-3-15-7-16-6-8-4-9(11)13-10(12)5-8/h4-5H,2-3,6-7H2,1H3. The lowest BCUT2D eigenvalue weighted by atomic mass is 10.3. The minimum atomic E-state index is 0.265. The van der Waals surface area contributed by atoms with Gasteiger partial charge in [-0.05, 0) is 49.6 Å². The molecule has 0 unspecified atom stereocenters. The molecule has 0 bridgehead atoms. The molecule has 0 aliphatic rings. The van der Waals surface area contributed by atoms with Gasteiger partial charge in [-0.25, -0.2) is 4.98 Å². The van der Waals surface area contributed by atoms with Crippen LogP contribution in [-0.2, 0) is 20.8 Å². The molecule has 1 aromatic heterocycles. The molecule has 0 radical (unpaired) electrons. The van der Waals surface area contributed by atoms with Crippen LogP contribution in [0.2, 0.25) is 0 Å². The molecule has 0 N–H and O–H groups in total. The third kappa shape index (κ3) is 5.91. The summed E-state index contributed by atoms with van der Waals surface area (Å²) >= 11 is 6.62. The molecule has 0 aliphatic carbocycles. The Kier molecular flexibility index (Phi) is 7.15. The second kappa shape index (κ2) is 8.14. The zero-order valence-electron chi connectivity index (χ0n) is 8.91. The smallest absolute Gasteiger partial charge is 0.147 e. The molecule has 0 amide bonds. The van der Waals surface area contributed by atoms with Crippen LogP contribution in [0, 0.1) is 0 Å². The maximum absolute atomic E-state index is 5.33. The van der Waals surface area contributed by atoms with Gasteiger partial charge in [0, 0.05) is 7.11 Å². The number of aromatic nitrogens is 1. The maximum atomic E-state index is 5.33. The van der Waals surface area contributed by atoms with Gasteiger partial charge in [-0.2, -0.15) is 0 Å². The van der Waals surface area contributed by atoms with Crippen LogP contribution in [0.15, 0.2) is 21.3 Å². The van der Waals surface area contributed by atoms with Gasteiger partial charge >= 0.3 is 0 Å². The maximum Gasteiger partial charge on any atom is 0.147 e. The molecule has 1 rings (SSSR count). The second-order valence-corrected chi connectivity index (χ2v) is 4.61. The fraction of sp³-hybridized carbons (Fsp3) is 0.500. The van der Waals surface area contributed by atoms with Crippen molar-refractivity contribution in [1.29, 1.82) is 0 Å². The van der Waals surface area contributed by atoms with Crippen LogP contribution in [0.25, 0.3) is 0 Å². The van der Waals surface area contributed by atoms with Gasteiger partial charge < -0.3 is 14.2 Å². The van der Waals surface area contributed by atoms with E-state index in [0.717, 1.165) is 14.8 Å². The van der Waals surface area contributed by atoms with Crippen LogP contribution in [-0.4, -0.2) is 32.1 Å². The van der Waals surface area contributed by atoms with E-state index in [1.807, 2.05) is 12.1 Å². The highest BCUT2D eigenvalue weighted by molar-refractivity contribution is 9.11. The Balaban J connectivity index is 2.21. The highest BCUT2D eigenvalue weighted by Gasteiger charge is 1.99. The molecule has 90 valence electrons. The molecule has 0 atom stereocenters. The van der Waals surface area contributed by atoms with Gasteiger partial charge in [-0.1, -0.05) is 0 Å². The summed E-state index contributed by atoms with van der Waals surface area (Å²) < 4.78 is 16.9. The number of hydrogen-bond acceptors (Lipinski definition) is 4. The van der Waals surface area contributed by atoms with Crippen molar-refractivity contribution in [3.05, 3.63) is 26.9 Å². The molecule has 0 saturated carbocycles. The lowest BCUT2D eigenvalue weighted by molar-refractivity contribution is -0.0725. The van der Waals surface area contributed by atoms with Gasteiger partial charge in [-0.15, -0.1) is 0 Å². The van der Waals surface area contributed by atoms with E-state index in [1.165, 1.54) is 0 Å². The van der Waals surface area contributed by atoms with Crippen molar-refractivity contribution in [1.82, 2.24) is 4.98 Å². The van der Waals surface area contributed by atoms with E-state index in [9.17, 15) is 0 Å². The third-order valence-electron chi connectivity index (χ3n) is 1.69. The molecule has 0 saturated heterocycles. The van der Waals surface area contributed by atoms with Crippen molar-refractivity contribution < 1.29 is 14.2 Å². The predicted molar refractivity (Wildman–Crippen MR) is 67.1 cm³/mol. The highest BCUT2D eigenvalue weighted by Crippen LogP contribution is 2.16. The molecule has 0 fully saturated rings. The Labute approximate surface area is 112 Å². The molecule has 0 aromatic carbocycles. The number of ether oxygens (including phenoxy) is 3. The van der Waals surface area contributed by atoms with Crippen LogP contribution < -0.4 is 0 Å². The molecule has 6 heteroatoms. The zero-order chi connectivity index (χ0) is 11.8. The number of methoxy groups -OCH3 is 1. The average Bonchev–Trinajstić information content (AvgIpc) is 2.22. The zero-order valence-corrected chi connectivity index (χ0v) is 12.1. The molecular formula is C10H13Br2NO3. The Hall–Kier alpha value is -0.0100. The molecule has 1 aromatic rings. The number of hydrogen-bond donors (Lipinski definition) is 0. The third-order valence-corrected chi connectivity index (χ3v) is 2.50. The fourth-order valence-electron chi connectivity index (χ4n) is 1.02. The van der Waals surface area contributed by atoms with Gasteiger partial charge in [-0.3, -0.25) is 0 Å². The quantitative estimate of drug-likeness (QED) is 0.429. The topological polar surface area (TPSA) is 40.6 Å². The first-order chi connectivity index (χ1) is 7.72. The monoisotopic (exact) mass is 353 g/mol. The van der Waals surface area contributed by atoms with Gasteiger partial charge in [0.1, 0.15) is 16.0 Å². The largest absolute Gasteiger partial charge is 0.382 e. The van der Waals surface area contributed by atoms with Crippen molar-refractivity contribution in [2.45, 2.75) is 6.61 Å². The Bertz CT molecular complexity index is 303. The number of nitrogens with zero attached hydrogens (tertiary/aromatic N) is 1. The minimum absolute atomic E-state index is 0.265. The normalized spacial score (nSPS) is 10.7. The fourth-order valence-corrected chi connectivity index (χ4v) is 2.23. The van der Waals surface area contributed by atoms with Gasteiger partial charge in [0.25, 0.3) is 0 Å². The molecule has 0 spiro atoms. The van der Waals surface area contributed by atoms with E-state index >= 15 is 0 Å². The van der Waals surface area contributed by atoms with Gasteiger partial charge in [0.2, 0.25) is 0 Å². The predicted octanol–water partition coefficient (Wildman–Crippen LogP) is 2.74. The first kappa shape index (κ1) is 14.1. The van der Waals surface area contributed by atoms with Crippen molar-refractivity contribution >= 4 is 31.9 Å². The van der Waals surface area contributed by atoms with E-state index in [1.54, 1.807) is 7.11 Å². The molecular weight excluding hydrogens is 342 g/mol. The first-order valence-electron chi connectivity index (χ1n) is 4.69. The SMILES string of the molecule is COCCOCOCc1cc(Br)nc(Br)c1. The molecule has 4 nitrogen and oxygen atoms in total. The summed E-state index contributed by atoms with van der Waals surface area (Å²) in [5, 5.41) is 0.